The summed E-state index contributed by atoms with van der Waals surface area (Å²) in [6.07, 6.45) is -1.20. The van der Waals surface area contributed by atoms with Crippen molar-refractivity contribution in [2.45, 2.75) is 33.3 Å². The first-order valence-electron chi connectivity index (χ1n) is 10.6. The van der Waals surface area contributed by atoms with Crippen LogP contribution in [-0.4, -0.2) is 61.2 Å². The van der Waals surface area contributed by atoms with Crippen LogP contribution >= 0.6 is 31.2 Å². The topological polar surface area (TPSA) is 146 Å². The largest absolute Gasteiger partial charge is 0.478 e. The molecule has 1 aliphatic heterocycles. The maximum absolute atomic E-state index is 12.8. The smallest absolute Gasteiger partial charge is 0.434 e. The molecule has 0 saturated carbocycles. The van der Waals surface area contributed by atoms with Crippen molar-refractivity contribution in [3.8, 4) is 0 Å². The van der Waals surface area contributed by atoms with Gasteiger partial charge in [0.15, 0.2) is 11.2 Å². The summed E-state index contributed by atoms with van der Waals surface area (Å²) in [6, 6.07) is 5.93. The van der Waals surface area contributed by atoms with E-state index in [0.29, 0.717) is 17.3 Å². The summed E-state index contributed by atoms with van der Waals surface area (Å²) in [7, 11) is -4.21. The second kappa shape index (κ2) is 13.4. The Morgan fingerprint density at radius 1 is 1.17 bits per heavy atom. The van der Waals surface area contributed by atoms with E-state index < -0.39 is 38.0 Å². The number of carbonyl (C=O) groups is 4. The monoisotopic (exact) mass is 550 g/mol. The molecule has 2 rings (SSSR count). The Balaban J connectivity index is 1.80. The van der Waals surface area contributed by atoms with Crippen molar-refractivity contribution in [2.24, 2.45) is 5.41 Å². The number of halogens is 1. The first-order chi connectivity index (χ1) is 16.4. The van der Waals surface area contributed by atoms with Gasteiger partial charge in [-0.3, -0.25) is 23.4 Å². The molecule has 0 bridgehead atoms. The number of amides is 2. The van der Waals surface area contributed by atoms with Gasteiger partial charge in [-0.05, 0) is 24.3 Å². The number of phosphoric ester groups is 1. The molecule has 1 aromatic carbocycles. The first kappa shape index (κ1) is 29.3. The van der Waals surface area contributed by atoms with Crippen LogP contribution in [0.3, 0.4) is 0 Å². The quantitative estimate of drug-likeness (QED) is 0.182. The molecule has 2 N–H and O–H groups in total. The summed E-state index contributed by atoms with van der Waals surface area (Å²) >= 11 is 6.88. The van der Waals surface area contributed by atoms with Crippen molar-refractivity contribution < 1.29 is 42.1 Å². The molecule has 0 radical (unpaired) electrons. The maximum Gasteiger partial charge on any atom is 0.478 e. The maximum atomic E-state index is 12.8. The first-order valence-corrected chi connectivity index (χ1v) is 13.4. The Labute approximate surface area is 212 Å². The molecule has 11 nitrogen and oxygen atoms in total. The van der Waals surface area contributed by atoms with Crippen LogP contribution in [0.25, 0.3) is 0 Å². The number of benzene rings is 1. The van der Waals surface area contributed by atoms with E-state index in [2.05, 4.69) is 10.6 Å². The molecule has 1 aromatic rings. The third-order valence-electron chi connectivity index (χ3n) is 4.64. The summed E-state index contributed by atoms with van der Waals surface area (Å²) in [5.41, 5.74) is -0.644. The SMILES string of the molecule is CC(=O)SCCNC(=O)CCNC(=O)[C@@H]1OP(=O)(OCOC(=O)c2ccc(Cl)cc2)OCC1(C)C. The van der Waals surface area contributed by atoms with Crippen LogP contribution in [0.15, 0.2) is 24.3 Å². The second-order valence-corrected chi connectivity index (χ2v) is 11.4. The molecule has 1 unspecified atom stereocenters. The van der Waals surface area contributed by atoms with Gasteiger partial charge in [-0.25, -0.2) is 13.9 Å². The fourth-order valence-corrected chi connectivity index (χ4v) is 4.90. The van der Waals surface area contributed by atoms with Crippen LogP contribution in [0.2, 0.25) is 5.02 Å². The highest BCUT2D eigenvalue weighted by Gasteiger charge is 2.49. The van der Waals surface area contributed by atoms with Gasteiger partial charge in [-0.1, -0.05) is 37.2 Å². The molecule has 1 aliphatic rings. The Kier molecular flexibility index (Phi) is 11.2. The lowest BCUT2D eigenvalue weighted by atomic mass is 9.87. The average molecular weight is 551 g/mol. The Hall–Kier alpha value is -1.95. The van der Waals surface area contributed by atoms with Crippen molar-refractivity contribution in [1.82, 2.24) is 10.6 Å². The van der Waals surface area contributed by atoms with E-state index in [1.54, 1.807) is 13.8 Å². The van der Waals surface area contributed by atoms with Crippen LogP contribution in [-0.2, 0) is 37.3 Å². The van der Waals surface area contributed by atoms with Gasteiger partial charge in [0.05, 0.1) is 12.2 Å². The number of esters is 1. The minimum atomic E-state index is -4.21. The van der Waals surface area contributed by atoms with E-state index in [-0.39, 0.29) is 36.2 Å². The number of nitrogens with one attached hydrogen (secondary N) is 2. The predicted molar refractivity (Wildman–Crippen MR) is 129 cm³/mol. The zero-order valence-electron chi connectivity index (χ0n) is 19.5. The molecule has 35 heavy (non-hydrogen) atoms. The normalized spacial score (nSPS) is 21.1. The van der Waals surface area contributed by atoms with Crippen LogP contribution < -0.4 is 10.6 Å². The highest BCUT2D eigenvalue weighted by atomic mass is 35.5. The number of thioether (sulfide) groups is 1. The van der Waals surface area contributed by atoms with Crippen molar-refractivity contribution in [2.75, 3.05) is 32.2 Å². The molecule has 0 spiro atoms. The van der Waals surface area contributed by atoms with E-state index in [1.807, 2.05) is 0 Å². The number of rotatable bonds is 11. The molecule has 0 aliphatic carbocycles. The number of phosphoric acid groups is 1. The third-order valence-corrected chi connectivity index (χ3v) is 7.04. The van der Waals surface area contributed by atoms with Gasteiger partial charge in [0.1, 0.15) is 0 Å². The zero-order chi connectivity index (χ0) is 26.1. The van der Waals surface area contributed by atoms with Crippen LogP contribution in [0.5, 0.6) is 0 Å². The van der Waals surface area contributed by atoms with E-state index in [9.17, 15) is 23.7 Å². The Morgan fingerprint density at radius 2 is 1.86 bits per heavy atom. The van der Waals surface area contributed by atoms with Crippen molar-refractivity contribution >= 4 is 54.1 Å². The van der Waals surface area contributed by atoms with Gasteiger partial charge in [0.25, 0.3) is 0 Å². The van der Waals surface area contributed by atoms with Crippen molar-refractivity contribution in [3.05, 3.63) is 34.9 Å². The van der Waals surface area contributed by atoms with Crippen LogP contribution in [0.4, 0.5) is 0 Å². The van der Waals surface area contributed by atoms with Crippen LogP contribution in [0, 0.1) is 5.41 Å². The van der Waals surface area contributed by atoms with Gasteiger partial charge in [-0.2, -0.15) is 0 Å². The summed E-state index contributed by atoms with van der Waals surface area (Å²) in [6.45, 7) is 4.31. The molecule has 2 amide bonds. The molecule has 1 fully saturated rings. The number of hydrogen-bond acceptors (Lipinski definition) is 10. The number of hydrogen-bond donors (Lipinski definition) is 2. The van der Waals surface area contributed by atoms with Crippen molar-refractivity contribution in [3.63, 3.8) is 0 Å². The zero-order valence-corrected chi connectivity index (χ0v) is 22.0. The number of ether oxygens (including phenoxy) is 1. The standard InChI is InChI=1S/C21H28ClN2O9PS/c1-14(25)35-11-10-23-17(26)8-9-24-19(27)18-21(2,3)12-31-34(29,33-18)32-13-30-20(28)15-4-6-16(22)7-5-15/h4-7,18H,8-13H2,1-3H3,(H,23,26)(H,24,27)/t18-,34?/m0/s1. The summed E-state index contributed by atoms with van der Waals surface area (Å²) in [5.74, 6) is -1.17. The fourth-order valence-electron chi connectivity index (χ4n) is 2.77. The van der Waals surface area contributed by atoms with Gasteiger partial charge in [0.2, 0.25) is 18.6 Å². The molecule has 2 atom stereocenters. The van der Waals surface area contributed by atoms with Gasteiger partial charge in [0, 0.05) is 42.6 Å². The Morgan fingerprint density at radius 3 is 2.51 bits per heavy atom. The molecule has 0 aromatic heterocycles. The summed E-state index contributed by atoms with van der Waals surface area (Å²) in [4.78, 5) is 47.4. The summed E-state index contributed by atoms with van der Waals surface area (Å²) in [5, 5.41) is 5.62. The van der Waals surface area contributed by atoms with Crippen LogP contribution in [0.1, 0.15) is 37.6 Å². The second-order valence-electron chi connectivity index (χ2n) is 8.11. The summed E-state index contributed by atoms with van der Waals surface area (Å²) < 4.78 is 33.4. The van der Waals surface area contributed by atoms with Gasteiger partial charge in [-0.15, -0.1) is 0 Å². The highest BCUT2D eigenvalue weighted by molar-refractivity contribution is 8.13. The minimum absolute atomic E-state index is 0.00887. The lowest BCUT2D eigenvalue weighted by molar-refractivity contribution is -0.143. The molecule has 194 valence electrons. The molecule has 1 saturated heterocycles. The Bertz CT molecular complexity index is 974. The van der Waals surface area contributed by atoms with E-state index in [1.165, 1.54) is 31.2 Å². The molecule has 1 heterocycles. The third kappa shape index (κ3) is 9.91. The molecule has 14 heteroatoms. The van der Waals surface area contributed by atoms with E-state index in [4.69, 9.17) is 29.9 Å². The lowest BCUT2D eigenvalue weighted by Crippen LogP contribution is -2.50. The predicted octanol–water partition coefficient (Wildman–Crippen LogP) is 2.92. The van der Waals surface area contributed by atoms with Crippen molar-refractivity contribution in [1.29, 1.82) is 0 Å². The van der Waals surface area contributed by atoms with E-state index in [0.717, 1.165) is 11.8 Å². The van der Waals surface area contributed by atoms with Gasteiger partial charge >= 0.3 is 13.8 Å². The lowest BCUT2D eigenvalue weighted by Gasteiger charge is -2.39. The minimum Gasteiger partial charge on any atom is -0.434 e. The van der Waals surface area contributed by atoms with E-state index >= 15 is 0 Å². The average Bonchev–Trinajstić information content (AvgIpc) is 2.79. The van der Waals surface area contributed by atoms with Gasteiger partial charge < -0.3 is 15.4 Å². The fraction of sp³-hybridized carbons (Fsp3) is 0.524. The number of carbonyl (C=O) groups excluding carboxylic acids is 4. The molecular formula is C21H28ClN2O9PS. The highest BCUT2D eigenvalue weighted by Crippen LogP contribution is 2.57. The molecular weight excluding hydrogens is 523 g/mol.